The quantitative estimate of drug-likeness (QED) is 0.0788. The number of ether oxygens (including phenoxy) is 2. The van der Waals surface area contributed by atoms with Crippen molar-refractivity contribution in [2.45, 2.75) is 30.4 Å². The fourth-order valence-corrected chi connectivity index (χ4v) is 1.36. The zero-order chi connectivity index (χ0) is 39.5. The van der Waals surface area contributed by atoms with Crippen molar-refractivity contribution in [1.29, 1.82) is 0 Å². The van der Waals surface area contributed by atoms with Crippen molar-refractivity contribution in [1.82, 2.24) is 0 Å². The van der Waals surface area contributed by atoms with Gasteiger partial charge in [-0.25, -0.2) is 9.59 Å². The van der Waals surface area contributed by atoms with Crippen molar-refractivity contribution in [3.05, 3.63) is 53.5 Å². The summed E-state index contributed by atoms with van der Waals surface area (Å²) in [5, 5.41) is 9.07. The van der Waals surface area contributed by atoms with Crippen LogP contribution < -0.4 is 0 Å². The smallest absolute Gasteiger partial charge is 0.508 e. The van der Waals surface area contributed by atoms with Crippen molar-refractivity contribution in [3.63, 3.8) is 0 Å². The van der Waals surface area contributed by atoms with Gasteiger partial charge in [0.25, 0.3) is 0 Å². The first kappa shape index (κ1) is 55.4. The number of rotatable bonds is 1. The van der Waals surface area contributed by atoms with Crippen LogP contribution in [0.5, 0.6) is 5.75 Å². The van der Waals surface area contributed by atoms with E-state index in [0.29, 0.717) is 5.56 Å². The summed E-state index contributed by atoms with van der Waals surface area (Å²) in [7, 11) is -15.0. The molecular formula is C21H23F9O15S3Y. The molecule has 0 aliphatic heterocycles. The monoisotopic (exact) mass is 871 g/mol. The number of furan rings is 1. The molecule has 1 radical (unpaired) electrons. The Kier molecular flexibility index (Phi) is 26.5. The van der Waals surface area contributed by atoms with Gasteiger partial charge >= 0.3 is 58.8 Å². The number of methoxy groups -OCH3 is 2. The summed E-state index contributed by atoms with van der Waals surface area (Å²) in [6.07, 6.45) is 6.22. The maximum Gasteiger partial charge on any atom is 0.522 e. The summed E-state index contributed by atoms with van der Waals surface area (Å²) < 4.78 is 186. The second kappa shape index (κ2) is 23.4. The number of carbonyl (C=O) groups excluding carboxylic acids is 2. The maximum atomic E-state index is 11.1. The van der Waals surface area contributed by atoms with Gasteiger partial charge < -0.3 is 19.0 Å². The van der Waals surface area contributed by atoms with Crippen molar-refractivity contribution in [2.75, 3.05) is 14.2 Å². The average molecular weight is 871 g/mol. The second-order valence-electron chi connectivity index (χ2n) is 7.11. The minimum atomic E-state index is -5.84. The molecule has 49 heavy (non-hydrogen) atoms. The van der Waals surface area contributed by atoms with Crippen molar-refractivity contribution in [3.8, 4) is 18.1 Å². The van der Waals surface area contributed by atoms with E-state index >= 15 is 0 Å². The summed E-state index contributed by atoms with van der Waals surface area (Å²) in [6, 6.07) is 8.37. The molecule has 2 aromatic rings. The molecule has 15 nitrogen and oxygen atoms in total. The van der Waals surface area contributed by atoms with E-state index in [2.05, 4.69) is 15.9 Å². The Hall–Kier alpha value is -3.00. The number of terminal acetylenes is 1. The van der Waals surface area contributed by atoms with E-state index < -0.39 is 58.8 Å². The van der Waals surface area contributed by atoms with Gasteiger partial charge in [0, 0.05) is 38.6 Å². The molecule has 0 saturated carbocycles. The van der Waals surface area contributed by atoms with Gasteiger partial charge in [-0.3, -0.25) is 13.7 Å². The number of hydrogen-bond acceptors (Lipinski definition) is 12. The largest absolute Gasteiger partial charge is 0.522 e. The van der Waals surface area contributed by atoms with Crippen LogP contribution in [0.4, 0.5) is 39.5 Å². The van der Waals surface area contributed by atoms with Crippen LogP contribution in [0.25, 0.3) is 0 Å². The van der Waals surface area contributed by atoms with E-state index in [0.717, 1.165) is 11.3 Å². The van der Waals surface area contributed by atoms with E-state index in [4.69, 9.17) is 48.4 Å². The van der Waals surface area contributed by atoms with Crippen LogP contribution in [0.3, 0.4) is 0 Å². The minimum Gasteiger partial charge on any atom is -0.508 e. The molecule has 281 valence electrons. The van der Waals surface area contributed by atoms with E-state index in [9.17, 15) is 49.1 Å². The number of hydrogen-bond donors (Lipinski definition) is 4. The molecule has 0 saturated heterocycles. The van der Waals surface area contributed by atoms with Crippen molar-refractivity contribution in [2.24, 2.45) is 0 Å². The van der Waals surface area contributed by atoms with Gasteiger partial charge in [0.2, 0.25) is 0 Å². The molecule has 0 fully saturated rings. The first-order valence-corrected chi connectivity index (χ1v) is 15.0. The van der Waals surface area contributed by atoms with Gasteiger partial charge in [0.1, 0.15) is 11.5 Å². The molecular weight excluding hydrogens is 848 g/mol. The first-order valence-electron chi connectivity index (χ1n) is 10.6. The molecule has 1 aromatic carbocycles. The molecule has 0 atom stereocenters. The molecule has 0 amide bonds. The Morgan fingerprint density at radius 1 is 0.755 bits per heavy atom. The minimum absolute atomic E-state index is 0. The Bertz CT molecular complexity index is 1550. The fraction of sp³-hybridized carbons (Fsp3) is 0.333. The van der Waals surface area contributed by atoms with Crippen LogP contribution in [-0.2, 0) is 77.3 Å². The van der Waals surface area contributed by atoms with Crippen LogP contribution in [0.15, 0.2) is 41.0 Å². The second-order valence-corrected chi connectivity index (χ2v) is 11.4. The van der Waals surface area contributed by atoms with Gasteiger partial charge in [-0.05, 0) is 43.7 Å². The number of benzene rings is 1. The van der Waals surface area contributed by atoms with E-state index in [1.165, 1.54) is 26.4 Å². The van der Waals surface area contributed by atoms with Gasteiger partial charge in [0.15, 0.2) is 0 Å². The number of halogens is 9. The molecule has 0 aliphatic carbocycles. The summed E-state index contributed by atoms with van der Waals surface area (Å²) in [5.41, 5.74) is -15.4. The molecule has 0 spiro atoms. The zero-order valence-electron chi connectivity index (χ0n) is 24.5. The Balaban J connectivity index is -0.000000160. The predicted octanol–water partition coefficient (Wildman–Crippen LogP) is 4.05. The zero-order valence-corrected chi connectivity index (χ0v) is 29.8. The van der Waals surface area contributed by atoms with Gasteiger partial charge in [-0.15, -0.1) is 6.42 Å². The third-order valence-corrected chi connectivity index (χ3v) is 5.23. The van der Waals surface area contributed by atoms with Crippen LogP contribution in [0.1, 0.15) is 21.7 Å². The average Bonchev–Trinajstić information content (AvgIpc) is 3.38. The number of alkyl halides is 9. The third kappa shape index (κ3) is 28.5. The molecule has 28 heteroatoms. The molecule has 1 heterocycles. The van der Waals surface area contributed by atoms with Gasteiger partial charge in [-0.2, -0.15) is 64.8 Å². The normalized spacial score (nSPS) is 11.0. The number of phenols is 1. The molecule has 0 aliphatic rings. The van der Waals surface area contributed by atoms with Crippen LogP contribution >= 0.6 is 0 Å². The van der Waals surface area contributed by atoms with E-state index in [-0.39, 0.29) is 38.5 Å². The van der Waals surface area contributed by atoms with E-state index in [1.54, 1.807) is 25.2 Å². The third-order valence-electron chi connectivity index (χ3n) is 3.47. The molecule has 0 bridgehead atoms. The van der Waals surface area contributed by atoms with Gasteiger partial charge in [-0.1, -0.05) is 6.07 Å². The molecule has 0 unspecified atom stereocenters. The number of esters is 2. The fourth-order valence-electron chi connectivity index (χ4n) is 1.36. The molecule has 2 rings (SSSR count). The topological polar surface area (TPSA) is 249 Å². The molecule has 4 N–H and O–H groups in total. The number of aromatic hydroxyl groups is 1. The first-order chi connectivity index (χ1) is 21.1. The predicted molar refractivity (Wildman–Crippen MR) is 141 cm³/mol. The summed E-state index contributed by atoms with van der Waals surface area (Å²) in [6.45, 7) is 3.70. The number of carbonyl (C=O) groups is 2. The number of phenolic OH excluding ortho intramolecular Hbond substituents is 1. The number of aryl methyl sites for hydroxylation is 2. The molecule has 1 aromatic heterocycles. The summed E-state index contributed by atoms with van der Waals surface area (Å²) in [4.78, 5) is 20.8. The standard InChI is InChI=1S/C9H10O3.C5H6O.C4H4O2.3CHF3O3S.Y/c1-6-3-4-7(10)5-8(6)9(11)12-2;1-5-3-2-4-6-5;1-3-4(5)6-2;3*2-1(3,4)8(5,6)7;/h3-5,10H,1-2H3;2-4H,1H3;1H,2H3;3*(H,5,6,7);. The van der Waals surface area contributed by atoms with Crippen LogP contribution in [-0.4, -0.2) is 86.7 Å². The SMILES string of the molecule is C#CC(=O)OC.COC(=O)c1cc(O)ccc1C.Cc1ccco1.O=S(=O)(O)C(F)(F)F.O=S(=O)(O)C(F)(F)F.O=S(=O)(O)C(F)(F)F.[Y]. The summed E-state index contributed by atoms with van der Waals surface area (Å²) in [5.74, 6) is 1.73. The van der Waals surface area contributed by atoms with Gasteiger partial charge in [0.05, 0.1) is 26.0 Å². The Labute approximate surface area is 296 Å². The van der Waals surface area contributed by atoms with Crippen LogP contribution in [0, 0.1) is 26.2 Å². The van der Waals surface area contributed by atoms with Crippen molar-refractivity contribution < 1.29 is 140 Å². The van der Waals surface area contributed by atoms with Crippen molar-refractivity contribution >= 4 is 42.3 Å². The Morgan fingerprint density at radius 3 is 1.27 bits per heavy atom. The summed E-state index contributed by atoms with van der Waals surface area (Å²) >= 11 is 0. The Morgan fingerprint density at radius 2 is 1.10 bits per heavy atom. The maximum absolute atomic E-state index is 11.1. The van der Waals surface area contributed by atoms with Crippen LogP contribution in [0.2, 0.25) is 0 Å². The van der Waals surface area contributed by atoms with E-state index in [1.807, 2.05) is 19.1 Å².